The smallest absolute Gasteiger partial charge is 0.184 e. The Labute approximate surface area is 179 Å². The van der Waals surface area contributed by atoms with Crippen LogP contribution in [0.25, 0.3) is 0 Å². The zero-order chi connectivity index (χ0) is 20.1. The Kier molecular flexibility index (Phi) is 6.88. The normalized spacial score (nSPS) is 16.8. The van der Waals surface area contributed by atoms with Gasteiger partial charge in [0.1, 0.15) is 13.2 Å². The lowest BCUT2D eigenvalue weighted by atomic mass is 10.2. The fourth-order valence-electron chi connectivity index (χ4n) is 4.16. The molecule has 0 radical (unpaired) electrons. The van der Waals surface area contributed by atoms with E-state index in [0.29, 0.717) is 13.2 Å². The highest BCUT2D eigenvalue weighted by Crippen LogP contribution is 2.39. The third-order valence-electron chi connectivity index (χ3n) is 5.78. The number of thioether (sulfide) groups is 1. The average molecular weight is 413 g/mol. The zero-order valence-corrected chi connectivity index (χ0v) is 18.5. The lowest BCUT2D eigenvalue weighted by Crippen LogP contribution is -2.46. The van der Waals surface area contributed by atoms with Crippen LogP contribution >= 0.6 is 11.8 Å². The Morgan fingerprint density at radius 3 is 2.38 bits per heavy atom. The van der Waals surface area contributed by atoms with Gasteiger partial charge in [-0.25, -0.2) is 0 Å². The molecule has 1 fully saturated rings. The van der Waals surface area contributed by atoms with Crippen LogP contribution < -0.4 is 14.4 Å². The number of nitrogens with zero attached hydrogens (tertiary/aromatic N) is 2. The number of aryl methyl sites for hydroxylation is 2. The molecule has 2 heterocycles. The van der Waals surface area contributed by atoms with Crippen molar-refractivity contribution in [3.63, 3.8) is 0 Å². The van der Waals surface area contributed by atoms with Crippen molar-refractivity contribution >= 4 is 17.4 Å². The van der Waals surface area contributed by atoms with Crippen LogP contribution in [0, 0.1) is 13.8 Å². The van der Waals surface area contributed by atoms with Crippen molar-refractivity contribution in [2.75, 3.05) is 56.6 Å². The molecule has 0 saturated carbocycles. The molecule has 5 heteroatoms. The van der Waals surface area contributed by atoms with E-state index in [9.17, 15) is 0 Å². The molecule has 4 rings (SSSR count). The van der Waals surface area contributed by atoms with E-state index in [-0.39, 0.29) is 0 Å². The number of benzene rings is 2. The predicted octanol–water partition coefficient (Wildman–Crippen LogP) is 4.77. The number of unbranched alkanes of at least 4 members (excludes halogenated alkanes) is 1. The summed E-state index contributed by atoms with van der Waals surface area (Å²) >= 11 is 2.02. The van der Waals surface area contributed by atoms with Crippen LogP contribution in [-0.4, -0.2) is 56.6 Å². The molecule has 0 aromatic heterocycles. The van der Waals surface area contributed by atoms with E-state index < -0.39 is 0 Å². The number of hydrogen-bond donors (Lipinski definition) is 0. The minimum absolute atomic E-state index is 0.643. The minimum Gasteiger partial charge on any atom is -0.486 e. The van der Waals surface area contributed by atoms with E-state index in [2.05, 4.69) is 54.0 Å². The number of para-hydroxylation sites is 1. The summed E-state index contributed by atoms with van der Waals surface area (Å²) in [5.41, 5.74) is 4.00. The van der Waals surface area contributed by atoms with Crippen LogP contribution in [0.2, 0.25) is 0 Å². The minimum atomic E-state index is 0.643. The summed E-state index contributed by atoms with van der Waals surface area (Å²) in [5.74, 6) is 3.02. The van der Waals surface area contributed by atoms with Crippen LogP contribution in [-0.2, 0) is 0 Å². The van der Waals surface area contributed by atoms with Gasteiger partial charge in [0, 0.05) is 31.1 Å². The summed E-state index contributed by atoms with van der Waals surface area (Å²) in [7, 11) is 0. The summed E-state index contributed by atoms with van der Waals surface area (Å²) in [5, 5.41) is 0. The van der Waals surface area contributed by atoms with Crippen molar-refractivity contribution in [3.8, 4) is 11.5 Å². The van der Waals surface area contributed by atoms with Gasteiger partial charge in [-0.2, -0.15) is 0 Å². The zero-order valence-electron chi connectivity index (χ0n) is 17.7. The number of rotatable bonds is 7. The Bertz CT molecular complexity index is 798. The number of fused-ring (bicyclic) bond motifs is 1. The largest absolute Gasteiger partial charge is 0.486 e. The molecule has 29 heavy (non-hydrogen) atoms. The van der Waals surface area contributed by atoms with E-state index in [1.54, 1.807) is 0 Å². The first-order valence-corrected chi connectivity index (χ1v) is 11.8. The van der Waals surface area contributed by atoms with E-state index >= 15 is 0 Å². The third kappa shape index (κ3) is 5.01. The van der Waals surface area contributed by atoms with Gasteiger partial charge in [0.15, 0.2) is 11.5 Å². The molecule has 0 amide bonds. The van der Waals surface area contributed by atoms with Crippen LogP contribution in [0.3, 0.4) is 0 Å². The van der Waals surface area contributed by atoms with Gasteiger partial charge >= 0.3 is 0 Å². The molecule has 0 spiro atoms. The van der Waals surface area contributed by atoms with Crippen molar-refractivity contribution in [1.29, 1.82) is 0 Å². The van der Waals surface area contributed by atoms with Gasteiger partial charge in [0.05, 0.1) is 5.69 Å². The monoisotopic (exact) mass is 412 g/mol. The molecule has 0 aliphatic carbocycles. The van der Waals surface area contributed by atoms with Crippen LogP contribution in [0.1, 0.15) is 24.0 Å². The maximum atomic E-state index is 5.90. The number of anilines is 1. The van der Waals surface area contributed by atoms with Crippen molar-refractivity contribution in [3.05, 3.63) is 47.5 Å². The highest BCUT2D eigenvalue weighted by atomic mass is 32.2. The van der Waals surface area contributed by atoms with Gasteiger partial charge in [-0.3, -0.25) is 4.90 Å². The second-order valence-electron chi connectivity index (χ2n) is 7.91. The first kappa shape index (κ1) is 20.4. The standard InChI is InChI=1S/C24H32N2O2S/c1-19-7-5-8-20(2)24(19)29-18-4-3-11-25-12-14-26(15-13-25)21-9-6-10-22-23(21)28-17-16-27-22/h5-10H,3-4,11-18H2,1-2H3. The number of ether oxygens (including phenoxy) is 2. The van der Waals surface area contributed by atoms with Gasteiger partial charge in [0.2, 0.25) is 0 Å². The highest BCUT2D eigenvalue weighted by Gasteiger charge is 2.23. The van der Waals surface area contributed by atoms with Crippen LogP contribution in [0.15, 0.2) is 41.3 Å². The van der Waals surface area contributed by atoms with Crippen molar-refractivity contribution in [2.45, 2.75) is 31.6 Å². The van der Waals surface area contributed by atoms with E-state index in [1.165, 1.54) is 46.8 Å². The molecule has 2 aliphatic rings. The van der Waals surface area contributed by atoms with E-state index in [0.717, 1.165) is 37.7 Å². The maximum absolute atomic E-state index is 5.90. The van der Waals surface area contributed by atoms with E-state index in [1.807, 2.05) is 17.8 Å². The molecule has 2 aliphatic heterocycles. The molecule has 0 atom stereocenters. The fourth-order valence-corrected chi connectivity index (χ4v) is 5.30. The molecule has 0 bridgehead atoms. The van der Waals surface area contributed by atoms with Crippen LogP contribution in [0.5, 0.6) is 11.5 Å². The van der Waals surface area contributed by atoms with Gasteiger partial charge < -0.3 is 14.4 Å². The molecular weight excluding hydrogens is 380 g/mol. The second-order valence-corrected chi connectivity index (χ2v) is 9.01. The van der Waals surface area contributed by atoms with Gasteiger partial charge in [-0.05, 0) is 62.2 Å². The molecule has 0 N–H and O–H groups in total. The fraction of sp³-hybridized carbons (Fsp3) is 0.500. The average Bonchev–Trinajstić information content (AvgIpc) is 2.75. The number of hydrogen-bond acceptors (Lipinski definition) is 5. The SMILES string of the molecule is Cc1cccc(C)c1SCCCCN1CCN(c2cccc3c2OCCO3)CC1. The third-order valence-corrected chi connectivity index (χ3v) is 7.21. The van der Waals surface area contributed by atoms with Crippen LogP contribution in [0.4, 0.5) is 5.69 Å². The Hall–Kier alpha value is -1.85. The number of piperazine rings is 1. The Balaban J connectivity index is 1.19. The van der Waals surface area contributed by atoms with Gasteiger partial charge in [-0.1, -0.05) is 24.3 Å². The van der Waals surface area contributed by atoms with Crippen molar-refractivity contribution < 1.29 is 9.47 Å². The second kappa shape index (κ2) is 9.77. The first-order chi connectivity index (χ1) is 14.2. The quantitative estimate of drug-likeness (QED) is 0.482. The van der Waals surface area contributed by atoms with Crippen molar-refractivity contribution in [2.24, 2.45) is 0 Å². The summed E-state index contributed by atoms with van der Waals surface area (Å²) in [6, 6.07) is 12.8. The van der Waals surface area contributed by atoms with Gasteiger partial charge in [0.25, 0.3) is 0 Å². The van der Waals surface area contributed by atoms with Gasteiger partial charge in [-0.15, -0.1) is 11.8 Å². The molecule has 4 nitrogen and oxygen atoms in total. The van der Waals surface area contributed by atoms with Crippen molar-refractivity contribution in [1.82, 2.24) is 4.90 Å². The molecule has 1 saturated heterocycles. The van der Waals surface area contributed by atoms with E-state index in [4.69, 9.17) is 9.47 Å². The molecule has 2 aromatic carbocycles. The Morgan fingerprint density at radius 2 is 1.59 bits per heavy atom. The maximum Gasteiger partial charge on any atom is 0.184 e. The Morgan fingerprint density at radius 1 is 0.862 bits per heavy atom. The summed E-state index contributed by atoms with van der Waals surface area (Å²) in [6.45, 7) is 11.3. The lowest BCUT2D eigenvalue weighted by Gasteiger charge is -2.37. The summed E-state index contributed by atoms with van der Waals surface area (Å²) < 4.78 is 11.6. The topological polar surface area (TPSA) is 24.9 Å². The predicted molar refractivity (Wildman–Crippen MR) is 122 cm³/mol. The molecule has 2 aromatic rings. The summed E-state index contributed by atoms with van der Waals surface area (Å²) in [4.78, 5) is 6.52. The molecule has 156 valence electrons. The molecule has 0 unspecified atom stereocenters. The first-order valence-electron chi connectivity index (χ1n) is 10.8. The highest BCUT2D eigenvalue weighted by molar-refractivity contribution is 7.99. The lowest BCUT2D eigenvalue weighted by molar-refractivity contribution is 0.171. The summed E-state index contributed by atoms with van der Waals surface area (Å²) in [6.07, 6.45) is 2.55. The molecular formula is C24H32N2O2S.